The van der Waals surface area contributed by atoms with E-state index in [4.69, 9.17) is 9.52 Å². The van der Waals surface area contributed by atoms with Gasteiger partial charge in [0.2, 0.25) is 5.91 Å². The Labute approximate surface area is 121 Å². The Morgan fingerprint density at radius 1 is 1.19 bits per heavy atom. The van der Waals surface area contributed by atoms with Gasteiger partial charge in [0.05, 0.1) is 5.56 Å². The highest BCUT2D eigenvalue weighted by molar-refractivity contribution is 6.03. The largest absolute Gasteiger partial charge is 0.478 e. The van der Waals surface area contributed by atoms with E-state index in [-0.39, 0.29) is 11.5 Å². The van der Waals surface area contributed by atoms with Crippen LogP contribution in [0.25, 0.3) is 6.08 Å². The molecule has 0 spiro atoms. The normalized spacial score (nSPS) is 10.8. The molecule has 0 aliphatic heterocycles. The van der Waals surface area contributed by atoms with Gasteiger partial charge < -0.3 is 14.8 Å². The highest BCUT2D eigenvalue weighted by Crippen LogP contribution is 2.17. The van der Waals surface area contributed by atoms with Gasteiger partial charge in [0.1, 0.15) is 11.5 Å². The van der Waals surface area contributed by atoms with E-state index in [9.17, 15) is 9.59 Å². The van der Waals surface area contributed by atoms with Crippen LogP contribution in [0, 0.1) is 13.8 Å². The number of aromatic carboxylic acids is 1. The lowest BCUT2D eigenvalue weighted by Crippen LogP contribution is -2.10. The Kier molecular flexibility index (Phi) is 4.23. The molecular weight excluding hydrogens is 270 g/mol. The molecule has 0 unspecified atom stereocenters. The van der Waals surface area contributed by atoms with Gasteiger partial charge in [0.15, 0.2) is 0 Å². The Hall–Kier alpha value is -2.82. The molecule has 1 heterocycles. The number of carbonyl (C=O) groups excluding carboxylic acids is 1. The summed E-state index contributed by atoms with van der Waals surface area (Å²) in [6.45, 7) is 3.61. The third kappa shape index (κ3) is 3.82. The number of furan rings is 1. The molecule has 0 aliphatic rings. The minimum Gasteiger partial charge on any atom is -0.478 e. The predicted octanol–water partition coefficient (Wildman–Crippen LogP) is 3.25. The van der Waals surface area contributed by atoms with E-state index < -0.39 is 5.97 Å². The van der Waals surface area contributed by atoms with Crippen molar-refractivity contribution in [2.75, 3.05) is 5.32 Å². The lowest BCUT2D eigenvalue weighted by Gasteiger charge is -2.07. The van der Waals surface area contributed by atoms with Crippen LogP contribution < -0.4 is 5.32 Å². The van der Waals surface area contributed by atoms with Crippen LogP contribution in [0.2, 0.25) is 0 Å². The molecule has 5 nitrogen and oxygen atoms in total. The fourth-order valence-corrected chi connectivity index (χ4v) is 1.76. The summed E-state index contributed by atoms with van der Waals surface area (Å²) in [5.41, 5.74) is 1.39. The molecule has 0 radical (unpaired) electrons. The molecule has 2 rings (SSSR count). The van der Waals surface area contributed by atoms with Crippen molar-refractivity contribution in [2.24, 2.45) is 0 Å². The van der Waals surface area contributed by atoms with Crippen LogP contribution in [-0.2, 0) is 4.79 Å². The van der Waals surface area contributed by atoms with E-state index in [0.29, 0.717) is 11.4 Å². The van der Waals surface area contributed by atoms with Crippen LogP contribution in [0.4, 0.5) is 5.69 Å². The minimum absolute atomic E-state index is 0.126. The van der Waals surface area contributed by atoms with Crippen molar-refractivity contribution >= 4 is 23.6 Å². The van der Waals surface area contributed by atoms with Gasteiger partial charge in [-0.3, -0.25) is 4.79 Å². The van der Waals surface area contributed by atoms with Crippen molar-refractivity contribution in [3.63, 3.8) is 0 Å². The summed E-state index contributed by atoms with van der Waals surface area (Å²) in [4.78, 5) is 22.8. The molecule has 0 atom stereocenters. The summed E-state index contributed by atoms with van der Waals surface area (Å²) >= 11 is 0. The fraction of sp³-hybridized carbons (Fsp3) is 0.125. The van der Waals surface area contributed by atoms with Crippen molar-refractivity contribution in [3.05, 3.63) is 59.1 Å². The first-order chi connectivity index (χ1) is 9.95. The summed E-state index contributed by atoms with van der Waals surface area (Å²) in [5.74, 6) is -0.0412. The van der Waals surface area contributed by atoms with Crippen molar-refractivity contribution in [3.8, 4) is 0 Å². The van der Waals surface area contributed by atoms with Crippen molar-refractivity contribution in [2.45, 2.75) is 13.8 Å². The van der Waals surface area contributed by atoms with Crippen molar-refractivity contribution < 1.29 is 19.1 Å². The number of nitrogens with one attached hydrogen (secondary N) is 1. The summed E-state index contributed by atoms with van der Waals surface area (Å²) in [7, 11) is 0. The van der Waals surface area contributed by atoms with Crippen LogP contribution >= 0.6 is 0 Å². The number of hydrogen-bond acceptors (Lipinski definition) is 3. The molecule has 0 aliphatic carbocycles. The van der Waals surface area contributed by atoms with Gasteiger partial charge in [-0.1, -0.05) is 6.07 Å². The molecular formula is C16H15NO4. The van der Waals surface area contributed by atoms with Gasteiger partial charge in [-0.05, 0) is 49.8 Å². The Morgan fingerprint density at radius 2 is 1.95 bits per heavy atom. The molecule has 1 amide bonds. The van der Waals surface area contributed by atoms with E-state index in [0.717, 1.165) is 11.3 Å². The van der Waals surface area contributed by atoms with Crippen molar-refractivity contribution in [1.82, 2.24) is 0 Å². The van der Waals surface area contributed by atoms with Crippen LogP contribution in [0.5, 0.6) is 0 Å². The van der Waals surface area contributed by atoms with Gasteiger partial charge in [-0.15, -0.1) is 0 Å². The van der Waals surface area contributed by atoms with E-state index in [1.807, 2.05) is 6.92 Å². The van der Waals surface area contributed by atoms with Gasteiger partial charge in [0.25, 0.3) is 0 Å². The zero-order valence-electron chi connectivity index (χ0n) is 11.7. The fourth-order valence-electron chi connectivity index (χ4n) is 1.76. The summed E-state index contributed by atoms with van der Waals surface area (Å²) < 4.78 is 5.31. The molecule has 0 fully saturated rings. The van der Waals surface area contributed by atoms with Gasteiger partial charge in [-0.2, -0.15) is 0 Å². The number of hydrogen-bond donors (Lipinski definition) is 2. The lowest BCUT2D eigenvalue weighted by atomic mass is 10.1. The number of anilines is 1. The highest BCUT2D eigenvalue weighted by atomic mass is 16.4. The van der Waals surface area contributed by atoms with E-state index in [2.05, 4.69) is 5.32 Å². The average molecular weight is 285 g/mol. The number of amides is 1. The molecule has 0 bridgehead atoms. The van der Waals surface area contributed by atoms with Gasteiger partial charge >= 0.3 is 5.97 Å². The highest BCUT2D eigenvalue weighted by Gasteiger charge is 2.07. The number of benzene rings is 1. The molecule has 0 saturated carbocycles. The number of carboxylic acids is 1. The molecule has 108 valence electrons. The molecule has 0 saturated heterocycles. The topological polar surface area (TPSA) is 79.5 Å². The summed E-state index contributed by atoms with van der Waals surface area (Å²) in [6, 6.07) is 8.14. The quantitative estimate of drug-likeness (QED) is 0.845. The Bertz CT molecular complexity index is 713. The zero-order valence-corrected chi connectivity index (χ0v) is 11.7. The Balaban J connectivity index is 2.10. The molecule has 21 heavy (non-hydrogen) atoms. The van der Waals surface area contributed by atoms with Crippen LogP contribution in [-0.4, -0.2) is 17.0 Å². The second-order valence-corrected chi connectivity index (χ2v) is 4.61. The third-order valence-electron chi connectivity index (χ3n) is 2.90. The maximum Gasteiger partial charge on any atom is 0.335 e. The SMILES string of the molecule is Cc1ccc(/C=C/C(=O)Nc2cc(C(=O)O)ccc2C)o1. The smallest absolute Gasteiger partial charge is 0.335 e. The van der Waals surface area contributed by atoms with E-state index in [1.54, 1.807) is 31.2 Å². The number of aryl methyl sites for hydroxylation is 2. The van der Waals surface area contributed by atoms with Gasteiger partial charge in [0, 0.05) is 11.8 Å². The second kappa shape index (κ2) is 6.09. The first kappa shape index (κ1) is 14.6. The van der Waals surface area contributed by atoms with Gasteiger partial charge in [-0.25, -0.2) is 4.79 Å². The van der Waals surface area contributed by atoms with E-state index >= 15 is 0 Å². The second-order valence-electron chi connectivity index (χ2n) is 4.61. The van der Waals surface area contributed by atoms with Crippen molar-refractivity contribution in [1.29, 1.82) is 0 Å². The minimum atomic E-state index is -1.04. The maximum absolute atomic E-state index is 11.8. The average Bonchev–Trinajstić information content (AvgIpc) is 2.84. The number of carboxylic acid groups (broad SMARTS) is 1. The first-order valence-electron chi connectivity index (χ1n) is 6.35. The summed E-state index contributed by atoms with van der Waals surface area (Å²) in [6.07, 6.45) is 2.89. The molecule has 1 aromatic heterocycles. The van der Waals surface area contributed by atoms with Crippen LogP contribution in [0.15, 0.2) is 40.8 Å². The van der Waals surface area contributed by atoms with Crippen LogP contribution in [0.1, 0.15) is 27.4 Å². The molecule has 2 aromatic rings. The molecule has 1 aromatic carbocycles. The Morgan fingerprint density at radius 3 is 2.57 bits per heavy atom. The molecule has 2 N–H and O–H groups in total. The lowest BCUT2D eigenvalue weighted by molar-refractivity contribution is -0.111. The molecule has 5 heteroatoms. The summed E-state index contributed by atoms with van der Waals surface area (Å²) in [5, 5.41) is 11.6. The third-order valence-corrected chi connectivity index (χ3v) is 2.90. The predicted molar refractivity (Wildman–Crippen MR) is 79.2 cm³/mol. The zero-order chi connectivity index (χ0) is 15.4. The maximum atomic E-state index is 11.8. The monoisotopic (exact) mass is 285 g/mol. The number of carbonyl (C=O) groups is 2. The first-order valence-corrected chi connectivity index (χ1v) is 6.35. The number of rotatable bonds is 4. The van der Waals surface area contributed by atoms with Crippen LogP contribution in [0.3, 0.4) is 0 Å². The standard InChI is InChI=1S/C16H15NO4/c1-10-3-5-12(16(19)20)9-14(10)17-15(18)8-7-13-6-4-11(2)21-13/h3-9H,1-2H3,(H,17,18)(H,19,20)/b8-7+. The van der Waals surface area contributed by atoms with E-state index in [1.165, 1.54) is 18.2 Å².